The minimum atomic E-state index is 0.00414. The first-order valence-corrected chi connectivity index (χ1v) is 7.98. The summed E-state index contributed by atoms with van der Waals surface area (Å²) in [6.45, 7) is 5.22. The molecular formula is C18H25NO3. The predicted molar refractivity (Wildman–Crippen MR) is 87.1 cm³/mol. The third-order valence-corrected chi connectivity index (χ3v) is 3.48. The van der Waals surface area contributed by atoms with Gasteiger partial charge in [0.25, 0.3) is 0 Å². The highest BCUT2D eigenvalue weighted by Gasteiger charge is 2.12. The molecule has 0 saturated heterocycles. The van der Waals surface area contributed by atoms with Gasteiger partial charge in [-0.25, -0.2) is 0 Å². The predicted octanol–water partition coefficient (Wildman–Crippen LogP) is 3.46. The quantitative estimate of drug-likeness (QED) is 0.591. The molecular weight excluding hydrogens is 278 g/mol. The van der Waals surface area contributed by atoms with E-state index >= 15 is 0 Å². The fourth-order valence-corrected chi connectivity index (χ4v) is 2.24. The Labute approximate surface area is 132 Å². The lowest BCUT2D eigenvalue weighted by molar-refractivity contribution is -0.116. The number of carbonyl (C=O) groups is 1. The van der Waals surface area contributed by atoms with Crippen LogP contribution in [0.4, 0.5) is 0 Å². The molecule has 22 heavy (non-hydrogen) atoms. The maximum Gasteiger partial charge on any atom is 0.243 e. The lowest BCUT2D eigenvalue weighted by atomic mass is 10.1. The Morgan fingerprint density at radius 3 is 2.91 bits per heavy atom. The second-order valence-electron chi connectivity index (χ2n) is 5.97. The minimum Gasteiger partial charge on any atom is -0.454 e. The van der Waals surface area contributed by atoms with Crippen LogP contribution in [0.15, 0.2) is 30.4 Å². The Hall–Kier alpha value is -1.97. The average molecular weight is 303 g/mol. The van der Waals surface area contributed by atoms with E-state index in [0.29, 0.717) is 12.7 Å². The summed E-state index contributed by atoms with van der Waals surface area (Å²) in [4.78, 5) is 11.5. The molecule has 1 aromatic carbocycles. The van der Waals surface area contributed by atoms with Gasteiger partial charge in [0.15, 0.2) is 11.5 Å². The molecule has 0 aromatic heterocycles. The highest BCUT2D eigenvalue weighted by Crippen LogP contribution is 2.32. The second kappa shape index (κ2) is 8.47. The Morgan fingerprint density at radius 2 is 2.09 bits per heavy atom. The van der Waals surface area contributed by atoms with E-state index in [9.17, 15) is 4.79 Å². The molecule has 0 saturated carbocycles. The van der Waals surface area contributed by atoms with Crippen LogP contribution in [0.5, 0.6) is 11.5 Å². The van der Waals surface area contributed by atoms with Gasteiger partial charge in [0.2, 0.25) is 12.7 Å². The van der Waals surface area contributed by atoms with Gasteiger partial charge in [0.1, 0.15) is 0 Å². The third-order valence-electron chi connectivity index (χ3n) is 3.48. The Bertz CT molecular complexity index is 523. The van der Waals surface area contributed by atoms with E-state index in [1.54, 1.807) is 6.08 Å². The third kappa shape index (κ3) is 5.43. The smallest absolute Gasteiger partial charge is 0.243 e. The number of unbranched alkanes of at least 4 members (excludes halogenated alkanes) is 2. The lowest BCUT2D eigenvalue weighted by Crippen LogP contribution is -2.25. The van der Waals surface area contributed by atoms with Gasteiger partial charge in [-0.1, -0.05) is 26.0 Å². The van der Waals surface area contributed by atoms with Crippen LogP contribution < -0.4 is 14.8 Å². The van der Waals surface area contributed by atoms with Crippen LogP contribution in [-0.4, -0.2) is 19.2 Å². The number of hydrogen-bond acceptors (Lipinski definition) is 3. The summed E-state index contributed by atoms with van der Waals surface area (Å²) in [7, 11) is 0. The van der Waals surface area contributed by atoms with Gasteiger partial charge in [0, 0.05) is 6.54 Å². The number of aryl methyl sites for hydroxylation is 1. The fourth-order valence-electron chi connectivity index (χ4n) is 2.24. The van der Waals surface area contributed by atoms with Crippen molar-refractivity contribution >= 4 is 5.91 Å². The zero-order valence-electron chi connectivity index (χ0n) is 13.4. The van der Waals surface area contributed by atoms with Crippen LogP contribution >= 0.6 is 0 Å². The molecule has 1 aliphatic rings. The highest BCUT2D eigenvalue weighted by atomic mass is 16.7. The second-order valence-corrected chi connectivity index (χ2v) is 5.97. The molecule has 1 aliphatic heterocycles. The first-order valence-electron chi connectivity index (χ1n) is 7.98. The van der Waals surface area contributed by atoms with Crippen LogP contribution in [0, 0.1) is 5.92 Å². The minimum absolute atomic E-state index is 0.00414. The molecule has 1 heterocycles. The van der Waals surface area contributed by atoms with E-state index in [-0.39, 0.29) is 5.91 Å². The number of carbonyl (C=O) groups excluding carboxylic acids is 1. The van der Waals surface area contributed by atoms with Gasteiger partial charge in [0.05, 0.1) is 0 Å². The van der Waals surface area contributed by atoms with Crippen LogP contribution in [0.3, 0.4) is 0 Å². The molecule has 0 atom stereocenters. The topological polar surface area (TPSA) is 47.6 Å². The van der Waals surface area contributed by atoms with Crippen molar-refractivity contribution in [3.05, 3.63) is 35.9 Å². The van der Waals surface area contributed by atoms with E-state index in [1.165, 1.54) is 5.56 Å². The molecule has 0 aliphatic carbocycles. The molecule has 0 radical (unpaired) electrons. The number of fused-ring (bicyclic) bond motifs is 1. The Kier molecular flexibility index (Phi) is 6.31. The maximum atomic E-state index is 11.5. The van der Waals surface area contributed by atoms with E-state index < -0.39 is 0 Å². The molecule has 120 valence electrons. The Balaban J connectivity index is 1.60. The van der Waals surface area contributed by atoms with Crippen LogP contribution in [0.25, 0.3) is 0 Å². The van der Waals surface area contributed by atoms with Crippen molar-refractivity contribution in [3.8, 4) is 11.5 Å². The summed E-state index contributed by atoms with van der Waals surface area (Å²) in [5.41, 5.74) is 1.27. The Morgan fingerprint density at radius 1 is 1.27 bits per heavy atom. The summed E-state index contributed by atoms with van der Waals surface area (Å²) < 4.78 is 10.7. The fraction of sp³-hybridized carbons (Fsp3) is 0.500. The van der Waals surface area contributed by atoms with E-state index in [4.69, 9.17) is 9.47 Å². The number of allylic oxidation sites excluding steroid dienone is 1. The van der Waals surface area contributed by atoms with E-state index in [0.717, 1.165) is 43.7 Å². The summed E-state index contributed by atoms with van der Waals surface area (Å²) >= 11 is 0. The molecule has 0 spiro atoms. The first kappa shape index (κ1) is 16.4. The maximum absolute atomic E-state index is 11.5. The molecule has 1 amide bonds. The summed E-state index contributed by atoms with van der Waals surface area (Å²) in [6, 6.07) is 6.11. The molecule has 0 bridgehead atoms. The standard InChI is InChI=1S/C18H25NO3/c1-14(2)12-19-18(20)8-6-4-3-5-7-15-9-10-16-17(11-15)22-13-21-16/h6,8-11,14H,3-5,7,12-13H2,1-2H3,(H,19,20)/b8-6+. The number of amides is 1. The normalized spacial score (nSPS) is 13.0. The summed E-state index contributed by atoms with van der Waals surface area (Å²) in [5.74, 6) is 2.17. The highest BCUT2D eigenvalue weighted by molar-refractivity contribution is 5.87. The van der Waals surface area contributed by atoms with Gasteiger partial charge < -0.3 is 14.8 Å². The molecule has 2 rings (SSSR count). The lowest BCUT2D eigenvalue weighted by Gasteiger charge is -2.04. The van der Waals surface area contributed by atoms with Crippen molar-refractivity contribution in [1.82, 2.24) is 5.32 Å². The van der Waals surface area contributed by atoms with Crippen molar-refractivity contribution in [2.75, 3.05) is 13.3 Å². The van der Waals surface area contributed by atoms with Crippen molar-refractivity contribution in [3.63, 3.8) is 0 Å². The van der Waals surface area contributed by atoms with Gasteiger partial charge >= 0.3 is 0 Å². The van der Waals surface area contributed by atoms with Gasteiger partial charge in [-0.3, -0.25) is 4.79 Å². The van der Waals surface area contributed by atoms with E-state index in [1.807, 2.05) is 12.1 Å². The van der Waals surface area contributed by atoms with Crippen molar-refractivity contribution in [2.45, 2.75) is 39.5 Å². The van der Waals surface area contributed by atoms with Gasteiger partial charge in [-0.15, -0.1) is 0 Å². The largest absolute Gasteiger partial charge is 0.454 e. The number of benzene rings is 1. The molecule has 0 fully saturated rings. The van der Waals surface area contributed by atoms with E-state index in [2.05, 4.69) is 31.3 Å². The molecule has 4 heteroatoms. The van der Waals surface area contributed by atoms with Crippen LogP contribution in [-0.2, 0) is 11.2 Å². The SMILES string of the molecule is CC(C)CNC(=O)/C=C/CCCCc1ccc2c(c1)OCO2. The number of hydrogen-bond donors (Lipinski definition) is 1. The zero-order valence-corrected chi connectivity index (χ0v) is 13.4. The van der Waals surface area contributed by atoms with Crippen molar-refractivity contribution < 1.29 is 14.3 Å². The molecule has 1 N–H and O–H groups in total. The number of ether oxygens (including phenoxy) is 2. The summed E-state index contributed by atoms with van der Waals surface area (Å²) in [6.07, 6.45) is 7.71. The molecule has 4 nitrogen and oxygen atoms in total. The average Bonchev–Trinajstić information content (AvgIpc) is 2.96. The first-order chi connectivity index (χ1) is 10.6. The van der Waals surface area contributed by atoms with Crippen LogP contribution in [0.2, 0.25) is 0 Å². The zero-order chi connectivity index (χ0) is 15.8. The molecule has 0 unspecified atom stereocenters. The van der Waals surface area contributed by atoms with Gasteiger partial charge in [-0.05, 0) is 55.4 Å². The monoisotopic (exact) mass is 303 g/mol. The number of nitrogens with one attached hydrogen (secondary N) is 1. The van der Waals surface area contributed by atoms with Crippen molar-refractivity contribution in [2.24, 2.45) is 5.92 Å². The summed E-state index contributed by atoms with van der Waals surface area (Å²) in [5, 5.41) is 2.87. The van der Waals surface area contributed by atoms with Crippen LogP contribution in [0.1, 0.15) is 38.7 Å². The number of rotatable bonds is 8. The van der Waals surface area contributed by atoms with Crippen molar-refractivity contribution in [1.29, 1.82) is 0 Å². The molecule has 1 aromatic rings. The van der Waals surface area contributed by atoms with Gasteiger partial charge in [-0.2, -0.15) is 0 Å².